The van der Waals surface area contributed by atoms with Crippen molar-refractivity contribution in [2.24, 2.45) is 5.92 Å². The fourth-order valence-corrected chi connectivity index (χ4v) is 4.25. The number of hydrogen-bond donors (Lipinski definition) is 2. The van der Waals surface area contributed by atoms with Crippen molar-refractivity contribution in [2.75, 3.05) is 12.9 Å². The third-order valence-corrected chi connectivity index (χ3v) is 6.00. The molecule has 0 saturated heterocycles. The monoisotopic (exact) mass is 386 g/mol. The molecule has 5 nitrogen and oxygen atoms in total. The first kappa shape index (κ1) is 19.7. The Hall–Kier alpha value is -2.05. The second kappa shape index (κ2) is 9.24. The molecular formula is C21H26N2O3S. The highest BCUT2D eigenvalue weighted by atomic mass is 32.2. The molecule has 1 aliphatic carbocycles. The lowest BCUT2D eigenvalue weighted by Gasteiger charge is -2.38. The van der Waals surface area contributed by atoms with Crippen LogP contribution in [0.5, 0.6) is 5.75 Å². The van der Waals surface area contributed by atoms with Gasteiger partial charge in [-0.3, -0.25) is 9.78 Å². The summed E-state index contributed by atoms with van der Waals surface area (Å²) in [6, 6.07) is 9.99. The maximum Gasteiger partial charge on any atom is 0.230 e. The van der Waals surface area contributed by atoms with Crippen LogP contribution in [-0.4, -0.2) is 35.0 Å². The van der Waals surface area contributed by atoms with Crippen LogP contribution in [0, 0.1) is 12.8 Å². The zero-order valence-corrected chi connectivity index (χ0v) is 16.5. The summed E-state index contributed by atoms with van der Waals surface area (Å²) < 4.78 is 5.26. The van der Waals surface area contributed by atoms with Crippen LogP contribution >= 0.6 is 11.8 Å². The maximum atomic E-state index is 12.5. The number of pyridine rings is 1. The Morgan fingerprint density at radius 3 is 2.85 bits per heavy atom. The predicted octanol–water partition coefficient (Wildman–Crippen LogP) is 3.26. The molecule has 2 aromatic rings. The normalized spacial score (nSPS) is 19.8. The van der Waals surface area contributed by atoms with E-state index in [1.165, 1.54) is 11.1 Å². The average molecular weight is 387 g/mol. The van der Waals surface area contributed by atoms with Crippen LogP contribution in [0.4, 0.5) is 0 Å². The van der Waals surface area contributed by atoms with Crippen molar-refractivity contribution in [3.63, 3.8) is 0 Å². The summed E-state index contributed by atoms with van der Waals surface area (Å²) in [5.41, 5.74) is 3.42. The molecule has 1 amide bonds. The average Bonchev–Trinajstić information content (AvgIpc) is 2.65. The Balaban J connectivity index is 1.60. The molecule has 1 fully saturated rings. The van der Waals surface area contributed by atoms with E-state index < -0.39 is 0 Å². The van der Waals surface area contributed by atoms with Crippen molar-refractivity contribution in [1.29, 1.82) is 0 Å². The molecule has 27 heavy (non-hydrogen) atoms. The molecule has 0 radical (unpaired) electrons. The molecule has 1 atom stereocenters. The van der Waals surface area contributed by atoms with Crippen LogP contribution in [0.1, 0.15) is 35.6 Å². The summed E-state index contributed by atoms with van der Waals surface area (Å²) in [5.74, 6) is 2.10. The van der Waals surface area contributed by atoms with Gasteiger partial charge in [-0.25, -0.2) is 0 Å². The number of methoxy groups -OCH3 is 1. The van der Waals surface area contributed by atoms with E-state index in [9.17, 15) is 9.90 Å². The summed E-state index contributed by atoms with van der Waals surface area (Å²) >= 11 is 1.61. The molecule has 144 valence electrons. The van der Waals surface area contributed by atoms with Gasteiger partial charge in [0, 0.05) is 11.9 Å². The minimum Gasteiger partial charge on any atom is -0.495 e. The second-order valence-corrected chi connectivity index (χ2v) is 7.99. The van der Waals surface area contributed by atoms with Gasteiger partial charge in [0.2, 0.25) is 5.91 Å². The minimum absolute atomic E-state index is 0.00259. The Bertz CT molecular complexity index is 778. The van der Waals surface area contributed by atoms with Crippen LogP contribution < -0.4 is 10.1 Å². The zero-order chi connectivity index (χ0) is 19.2. The predicted molar refractivity (Wildman–Crippen MR) is 108 cm³/mol. The summed E-state index contributed by atoms with van der Waals surface area (Å²) in [5, 5.41) is 12.8. The number of hydrogen-bond acceptors (Lipinski definition) is 5. The minimum atomic E-state index is -0.275. The highest BCUT2D eigenvalue weighted by molar-refractivity contribution is 7.99. The Morgan fingerprint density at radius 2 is 2.15 bits per heavy atom. The lowest BCUT2D eigenvalue weighted by atomic mass is 9.75. The first-order valence-corrected chi connectivity index (χ1v) is 10.3. The van der Waals surface area contributed by atoms with Gasteiger partial charge in [-0.15, -0.1) is 11.8 Å². The fourth-order valence-electron chi connectivity index (χ4n) is 3.33. The van der Waals surface area contributed by atoms with Crippen LogP contribution in [0.15, 0.2) is 42.7 Å². The van der Waals surface area contributed by atoms with Gasteiger partial charge in [0.15, 0.2) is 0 Å². The molecule has 1 saturated carbocycles. The topological polar surface area (TPSA) is 71.5 Å². The molecule has 1 heterocycles. The number of aliphatic hydroxyl groups excluding tert-OH is 1. The van der Waals surface area contributed by atoms with Gasteiger partial charge in [-0.1, -0.05) is 24.3 Å². The van der Waals surface area contributed by atoms with E-state index in [4.69, 9.17) is 4.74 Å². The van der Waals surface area contributed by atoms with Crippen molar-refractivity contribution in [3.8, 4) is 5.75 Å². The Labute approximate surface area is 164 Å². The summed E-state index contributed by atoms with van der Waals surface area (Å²) in [7, 11) is 1.60. The quantitative estimate of drug-likeness (QED) is 0.729. The molecule has 0 bridgehead atoms. The lowest BCUT2D eigenvalue weighted by molar-refractivity contribution is -0.120. The van der Waals surface area contributed by atoms with Crippen molar-refractivity contribution < 1.29 is 14.6 Å². The van der Waals surface area contributed by atoms with Gasteiger partial charge in [0.05, 0.1) is 31.2 Å². The van der Waals surface area contributed by atoms with Gasteiger partial charge in [0.1, 0.15) is 5.75 Å². The van der Waals surface area contributed by atoms with Gasteiger partial charge >= 0.3 is 0 Å². The van der Waals surface area contributed by atoms with Crippen molar-refractivity contribution >= 4 is 17.7 Å². The molecular weight excluding hydrogens is 360 g/mol. The number of aryl methyl sites for hydroxylation is 1. The van der Waals surface area contributed by atoms with Crippen molar-refractivity contribution in [3.05, 3.63) is 59.4 Å². The van der Waals surface area contributed by atoms with E-state index in [0.29, 0.717) is 24.3 Å². The Kier molecular flexibility index (Phi) is 6.74. The van der Waals surface area contributed by atoms with E-state index in [0.717, 1.165) is 11.3 Å². The zero-order valence-electron chi connectivity index (χ0n) is 15.7. The molecule has 6 heteroatoms. The SMILES string of the molecule is COc1cncc([C@@H](NC(=O)CSCc2ccccc2C)C2CC(O)C2)c1. The number of carbonyl (C=O) groups is 1. The lowest BCUT2D eigenvalue weighted by Crippen LogP contribution is -2.42. The number of carbonyl (C=O) groups excluding carboxylic acids is 1. The summed E-state index contributed by atoms with van der Waals surface area (Å²) in [6.45, 7) is 2.09. The number of aromatic nitrogens is 1. The van der Waals surface area contributed by atoms with E-state index in [1.54, 1.807) is 31.3 Å². The maximum absolute atomic E-state index is 12.5. The fraction of sp³-hybridized carbons (Fsp3) is 0.429. The molecule has 3 rings (SSSR count). The molecule has 1 aromatic heterocycles. The van der Waals surface area contributed by atoms with Crippen molar-refractivity contribution in [1.82, 2.24) is 10.3 Å². The number of nitrogens with one attached hydrogen (secondary N) is 1. The molecule has 0 unspecified atom stereocenters. The number of rotatable bonds is 8. The van der Waals surface area contributed by atoms with Gasteiger partial charge in [0.25, 0.3) is 0 Å². The van der Waals surface area contributed by atoms with Gasteiger partial charge < -0.3 is 15.2 Å². The third-order valence-electron chi connectivity index (χ3n) is 5.02. The van der Waals surface area contributed by atoms with Crippen LogP contribution in [0.2, 0.25) is 0 Å². The summed E-state index contributed by atoms with van der Waals surface area (Å²) in [4.78, 5) is 16.7. The second-order valence-electron chi connectivity index (χ2n) is 7.01. The Morgan fingerprint density at radius 1 is 1.37 bits per heavy atom. The van der Waals surface area contributed by atoms with E-state index in [-0.39, 0.29) is 24.0 Å². The van der Waals surface area contributed by atoms with Crippen LogP contribution in [-0.2, 0) is 10.5 Å². The standard InChI is InChI=1S/C21H26N2O3S/c1-14-5-3-4-6-15(14)12-27-13-20(25)23-21(16-7-18(24)8-16)17-9-19(26-2)11-22-10-17/h3-6,9-11,16,18,21,24H,7-8,12-13H2,1-2H3,(H,23,25)/t16?,18?,21-/m0/s1. The van der Waals surface area contributed by atoms with Crippen LogP contribution in [0.25, 0.3) is 0 Å². The molecule has 1 aliphatic rings. The van der Waals surface area contributed by atoms with E-state index in [2.05, 4.69) is 29.4 Å². The summed E-state index contributed by atoms with van der Waals surface area (Å²) in [6.07, 6.45) is 4.52. The number of nitrogens with zero attached hydrogens (tertiary/aromatic N) is 1. The first-order chi connectivity index (χ1) is 13.1. The number of amides is 1. The van der Waals surface area contributed by atoms with E-state index in [1.807, 2.05) is 18.2 Å². The molecule has 2 N–H and O–H groups in total. The van der Waals surface area contributed by atoms with Crippen LogP contribution in [0.3, 0.4) is 0 Å². The number of ether oxygens (including phenoxy) is 1. The van der Waals surface area contributed by atoms with E-state index >= 15 is 0 Å². The molecule has 0 aliphatic heterocycles. The number of benzene rings is 1. The highest BCUT2D eigenvalue weighted by Crippen LogP contribution is 2.38. The first-order valence-electron chi connectivity index (χ1n) is 9.15. The third kappa shape index (κ3) is 5.23. The number of aliphatic hydroxyl groups is 1. The highest BCUT2D eigenvalue weighted by Gasteiger charge is 2.36. The van der Waals surface area contributed by atoms with Crippen molar-refractivity contribution in [2.45, 2.75) is 37.7 Å². The largest absolute Gasteiger partial charge is 0.495 e. The van der Waals surface area contributed by atoms with Gasteiger partial charge in [-0.05, 0) is 48.4 Å². The molecule has 1 aromatic carbocycles. The molecule has 0 spiro atoms. The number of thioether (sulfide) groups is 1. The smallest absolute Gasteiger partial charge is 0.230 e. The van der Waals surface area contributed by atoms with Gasteiger partial charge in [-0.2, -0.15) is 0 Å².